The second-order valence-corrected chi connectivity index (χ2v) is 14.3. The lowest BCUT2D eigenvalue weighted by molar-refractivity contribution is -0.0418. The molecular weight excluding hydrogens is 581 g/mol. The van der Waals surface area contributed by atoms with E-state index in [9.17, 15) is 0 Å². The third kappa shape index (κ3) is 5.02. The van der Waals surface area contributed by atoms with Crippen molar-refractivity contribution in [2.75, 3.05) is 10.2 Å². The van der Waals surface area contributed by atoms with Crippen LogP contribution in [0.5, 0.6) is 0 Å². The molecule has 0 atom stereocenters. The summed E-state index contributed by atoms with van der Waals surface area (Å²) in [5.41, 5.74) is 11.3. The van der Waals surface area contributed by atoms with Crippen LogP contribution in [0, 0.1) is 23.7 Å². The van der Waals surface area contributed by atoms with E-state index in [2.05, 4.69) is 174 Å². The van der Waals surface area contributed by atoms with Gasteiger partial charge in [-0.2, -0.15) is 0 Å². The largest absolute Gasteiger partial charge is 0.355 e. The van der Waals surface area contributed by atoms with Crippen LogP contribution in [0.4, 0.5) is 28.4 Å². The molecule has 4 aliphatic rings. The average Bonchev–Trinajstić information content (AvgIpc) is 3.14. The molecule has 2 heteroatoms. The number of nitrogens with one attached hydrogen (secondary N) is 1. The molecule has 48 heavy (non-hydrogen) atoms. The Morgan fingerprint density at radius 2 is 0.896 bits per heavy atom. The Morgan fingerprint density at radius 3 is 1.46 bits per heavy atom. The van der Waals surface area contributed by atoms with Gasteiger partial charge in [0.25, 0.3) is 0 Å². The summed E-state index contributed by atoms with van der Waals surface area (Å²) < 4.78 is 0. The molecule has 0 aliphatic heterocycles. The van der Waals surface area contributed by atoms with E-state index < -0.39 is 0 Å². The minimum atomic E-state index is 0.0523. The lowest BCUT2D eigenvalue weighted by atomic mass is 9.42. The van der Waals surface area contributed by atoms with Crippen LogP contribution in [0.15, 0.2) is 164 Å². The summed E-state index contributed by atoms with van der Waals surface area (Å²) in [5, 5.41) is 3.76. The molecule has 0 aromatic heterocycles. The zero-order valence-corrected chi connectivity index (χ0v) is 27.4. The molecule has 0 spiro atoms. The summed E-state index contributed by atoms with van der Waals surface area (Å²) in [6, 6.07) is 60.0. The molecule has 4 fully saturated rings. The van der Waals surface area contributed by atoms with Crippen LogP contribution in [-0.4, -0.2) is 0 Å². The summed E-state index contributed by atoms with van der Waals surface area (Å²) in [6.45, 7) is 0. The lowest BCUT2D eigenvalue weighted by Gasteiger charge is -2.62. The summed E-state index contributed by atoms with van der Waals surface area (Å²) in [4.78, 5) is 2.38. The third-order valence-electron chi connectivity index (χ3n) is 11.7. The van der Waals surface area contributed by atoms with Crippen LogP contribution < -0.4 is 10.2 Å². The fourth-order valence-electron chi connectivity index (χ4n) is 9.97. The fourth-order valence-corrected chi connectivity index (χ4v) is 9.97. The van der Waals surface area contributed by atoms with Gasteiger partial charge in [-0.15, -0.1) is 0 Å². The van der Waals surface area contributed by atoms with Crippen molar-refractivity contribution in [2.45, 2.75) is 37.5 Å². The van der Waals surface area contributed by atoms with Gasteiger partial charge in [0.2, 0.25) is 0 Å². The maximum Gasteiger partial charge on any atom is 0.0463 e. The Hall–Kier alpha value is -5.08. The Morgan fingerprint density at radius 1 is 0.438 bits per heavy atom. The van der Waals surface area contributed by atoms with Crippen molar-refractivity contribution in [3.05, 3.63) is 175 Å². The molecule has 0 heterocycles. The Kier molecular flexibility index (Phi) is 7.38. The van der Waals surface area contributed by atoms with E-state index in [4.69, 9.17) is 0 Å². The van der Waals surface area contributed by atoms with Gasteiger partial charge in [0, 0.05) is 39.4 Å². The standard InChI is InChI=1S/C46H42N2/c1-4-12-35(13-5-1)44-18-10-11-19-45(44)47-40-24-20-36(21-25-40)46(38-29-33-28-34(31-38)32-39(46)30-33)37-22-26-43(27-23-37)48(41-14-6-2-7-15-41)42-16-8-3-9-17-42/h1-27,33-34,38-39,47H,28-32H2. The molecule has 4 aliphatic carbocycles. The molecule has 1 N–H and O–H groups in total. The van der Waals surface area contributed by atoms with Gasteiger partial charge in [0.15, 0.2) is 0 Å². The van der Waals surface area contributed by atoms with Crippen molar-refractivity contribution in [3.63, 3.8) is 0 Å². The normalized spacial score (nSPS) is 23.9. The molecule has 6 aromatic carbocycles. The first kappa shape index (κ1) is 29.1. The van der Waals surface area contributed by atoms with Crippen LogP contribution in [0.25, 0.3) is 11.1 Å². The smallest absolute Gasteiger partial charge is 0.0463 e. The Balaban J connectivity index is 1.09. The minimum Gasteiger partial charge on any atom is -0.355 e. The second-order valence-electron chi connectivity index (χ2n) is 14.3. The van der Waals surface area contributed by atoms with Crippen LogP contribution in [0.3, 0.4) is 0 Å². The molecule has 2 nitrogen and oxygen atoms in total. The lowest BCUT2D eigenvalue weighted by Crippen LogP contribution is -2.56. The summed E-state index contributed by atoms with van der Waals surface area (Å²) in [5.74, 6) is 3.19. The molecule has 10 rings (SSSR count). The van der Waals surface area contributed by atoms with Gasteiger partial charge in [0.05, 0.1) is 0 Å². The van der Waals surface area contributed by atoms with E-state index >= 15 is 0 Å². The number of para-hydroxylation sites is 3. The average molecular weight is 623 g/mol. The van der Waals surface area contributed by atoms with Crippen molar-refractivity contribution in [3.8, 4) is 11.1 Å². The number of anilines is 5. The first-order chi connectivity index (χ1) is 23.8. The van der Waals surface area contributed by atoms with E-state index in [1.54, 1.807) is 0 Å². The second kappa shape index (κ2) is 12.2. The Labute approximate surface area is 285 Å². The van der Waals surface area contributed by atoms with Crippen molar-refractivity contribution in [2.24, 2.45) is 23.7 Å². The predicted octanol–water partition coefficient (Wildman–Crippen LogP) is 12.3. The molecule has 0 amide bonds. The number of hydrogen-bond donors (Lipinski definition) is 1. The maximum absolute atomic E-state index is 3.76. The fraction of sp³-hybridized carbons (Fsp3) is 0.217. The number of rotatable bonds is 8. The van der Waals surface area contributed by atoms with Gasteiger partial charge in [-0.05, 0) is 127 Å². The quantitative estimate of drug-likeness (QED) is 0.182. The van der Waals surface area contributed by atoms with Gasteiger partial charge in [0.1, 0.15) is 0 Å². The predicted molar refractivity (Wildman–Crippen MR) is 201 cm³/mol. The van der Waals surface area contributed by atoms with Gasteiger partial charge < -0.3 is 10.2 Å². The van der Waals surface area contributed by atoms with Gasteiger partial charge in [-0.1, -0.05) is 109 Å². The Bertz CT molecular complexity index is 1910. The summed E-state index contributed by atoms with van der Waals surface area (Å²) >= 11 is 0. The van der Waals surface area contributed by atoms with Crippen LogP contribution in [0.1, 0.15) is 43.2 Å². The molecular formula is C46H42N2. The molecule has 0 saturated heterocycles. The van der Waals surface area contributed by atoms with Gasteiger partial charge in [-0.3, -0.25) is 0 Å². The first-order valence-electron chi connectivity index (χ1n) is 17.8. The highest BCUT2D eigenvalue weighted by molar-refractivity contribution is 5.81. The van der Waals surface area contributed by atoms with Crippen molar-refractivity contribution in [1.82, 2.24) is 0 Å². The molecule has 4 saturated carbocycles. The van der Waals surface area contributed by atoms with Gasteiger partial charge >= 0.3 is 0 Å². The monoisotopic (exact) mass is 622 g/mol. The number of nitrogens with zero attached hydrogens (tertiary/aromatic N) is 1. The molecule has 6 aromatic rings. The highest BCUT2D eigenvalue weighted by Crippen LogP contribution is 2.65. The SMILES string of the molecule is c1ccc(-c2ccccc2Nc2ccc(C3(c4ccc(N(c5ccccc5)c5ccccc5)cc4)C4CC5CC(C4)CC3C5)cc2)cc1. The molecule has 0 unspecified atom stereocenters. The van der Waals surface area contributed by atoms with E-state index in [1.807, 2.05) is 0 Å². The van der Waals surface area contributed by atoms with Gasteiger partial charge in [-0.25, -0.2) is 0 Å². The number of benzene rings is 6. The third-order valence-corrected chi connectivity index (χ3v) is 11.7. The van der Waals surface area contributed by atoms with E-state index in [1.165, 1.54) is 71.4 Å². The zero-order valence-electron chi connectivity index (χ0n) is 27.4. The van der Waals surface area contributed by atoms with E-state index in [0.717, 1.165) is 23.2 Å². The minimum absolute atomic E-state index is 0.0523. The van der Waals surface area contributed by atoms with Crippen molar-refractivity contribution < 1.29 is 0 Å². The number of hydrogen-bond acceptors (Lipinski definition) is 2. The first-order valence-corrected chi connectivity index (χ1v) is 17.8. The molecule has 236 valence electrons. The summed E-state index contributed by atoms with van der Waals surface area (Å²) in [6.07, 6.45) is 6.90. The maximum atomic E-state index is 3.76. The van der Waals surface area contributed by atoms with Crippen LogP contribution >= 0.6 is 0 Å². The van der Waals surface area contributed by atoms with Crippen molar-refractivity contribution in [1.29, 1.82) is 0 Å². The van der Waals surface area contributed by atoms with Crippen LogP contribution in [-0.2, 0) is 5.41 Å². The van der Waals surface area contributed by atoms with Crippen molar-refractivity contribution >= 4 is 28.4 Å². The van der Waals surface area contributed by atoms with Crippen LogP contribution in [0.2, 0.25) is 0 Å². The molecule has 4 bridgehead atoms. The molecule has 0 radical (unpaired) electrons. The topological polar surface area (TPSA) is 15.3 Å². The summed E-state index contributed by atoms with van der Waals surface area (Å²) in [7, 11) is 0. The zero-order chi connectivity index (χ0) is 31.9. The van der Waals surface area contributed by atoms with E-state index in [0.29, 0.717) is 11.8 Å². The highest BCUT2D eigenvalue weighted by Gasteiger charge is 2.58. The van der Waals surface area contributed by atoms with E-state index in [-0.39, 0.29) is 5.41 Å². The highest BCUT2D eigenvalue weighted by atomic mass is 15.1.